The van der Waals surface area contributed by atoms with Crippen molar-refractivity contribution in [1.29, 1.82) is 0 Å². The fraction of sp³-hybridized carbons (Fsp3) is 0.667. The fourth-order valence-corrected chi connectivity index (χ4v) is 0.401. The van der Waals surface area contributed by atoms with Crippen LogP contribution in [-0.4, -0.2) is 24.0 Å². The number of hydrogen-bond acceptors (Lipinski definition) is 4. The van der Waals surface area contributed by atoms with E-state index in [0.29, 0.717) is 6.42 Å². The molecule has 0 aromatic rings. The number of carbonyl (C=O) groups is 2. The highest BCUT2D eigenvalue weighted by atomic mass is 16.8. The average molecular weight is 162 g/mol. The SMILES string of the molecule is CCCCOC(=O)OC(=O)O. The zero-order chi connectivity index (χ0) is 8.69. The van der Waals surface area contributed by atoms with E-state index in [0.717, 1.165) is 6.42 Å². The molecular weight excluding hydrogens is 152 g/mol. The second-order valence-corrected chi connectivity index (χ2v) is 1.82. The smallest absolute Gasteiger partial charge is 0.449 e. The molecule has 0 aliphatic carbocycles. The van der Waals surface area contributed by atoms with Crippen LogP contribution in [0, 0.1) is 0 Å². The summed E-state index contributed by atoms with van der Waals surface area (Å²) in [5.41, 5.74) is 0. The van der Waals surface area contributed by atoms with Crippen molar-refractivity contribution in [3.63, 3.8) is 0 Å². The van der Waals surface area contributed by atoms with Crippen molar-refractivity contribution in [2.45, 2.75) is 19.8 Å². The maximum absolute atomic E-state index is 10.3. The zero-order valence-corrected chi connectivity index (χ0v) is 6.20. The van der Waals surface area contributed by atoms with E-state index in [1.165, 1.54) is 0 Å². The van der Waals surface area contributed by atoms with Crippen LogP contribution in [0.2, 0.25) is 0 Å². The first kappa shape index (κ1) is 9.74. The Morgan fingerprint density at radius 2 is 2.09 bits per heavy atom. The van der Waals surface area contributed by atoms with Gasteiger partial charge in [-0.2, -0.15) is 0 Å². The molecule has 0 heterocycles. The molecule has 0 aromatic carbocycles. The van der Waals surface area contributed by atoms with Gasteiger partial charge in [-0.1, -0.05) is 13.3 Å². The highest BCUT2D eigenvalue weighted by Crippen LogP contribution is 1.91. The minimum absolute atomic E-state index is 0.197. The normalized spacial score (nSPS) is 8.82. The number of ether oxygens (including phenoxy) is 2. The quantitative estimate of drug-likeness (QED) is 0.387. The van der Waals surface area contributed by atoms with E-state index < -0.39 is 12.3 Å². The minimum atomic E-state index is -1.65. The fourth-order valence-electron chi connectivity index (χ4n) is 0.401. The van der Waals surface area contributed by atoms with Gasteiger partial charge in [-0.15, -0.1) is 0 Å². The van der Waals surface area contributed by atoms with Gasteiger partial charge >= 0.3 is 12.3 Å². The van der Waals surface area contributed by atoms with Crippen LogP contribution >= 0.6 is 0 Å². The Kier molecular flexibility index (Phi) is 4.89. The molecule has 0 aliphatic rings. The first-order valence-electron chi connectivity index (χ1n) is 3.24. The molecule has 0 aliphatic heterocycles. The van der Waals surface area contributed by atoms with Crippen LogP contribution in [0.4, 0.5) is 9.59 Å². The van der Waals surface area contributed by atoms with Crippen LogP contribution in [0.3, 0.4) is 0 Å². The summed E-state index contributed by atoms with van der Waals surface area (Å²) >= 11 is 0. The van der Waals surface area contributed by atoms with Crippen LogP contribution in [0.1, 0.15) is 19.8 Å². The predicted octanol–water partition coefficient (Wildman–Crippen LogP) is 1.62. The summed E-state index contributed by atoms with van der Waals surface area (Å²) in [5, 5.41) is 7.92. The van der Waals surface area contributed by atoms with Crippen LogP contribution in [0.15, 0.2) is 0 Å². The van der Waals surface area contributed by atoms with Gasteiger partial charge in [-0.05, 0) is 6.42 Å². The molecule has 0 saturated carbocycles. The maximum Gasteiger partial charge on any atom is 0.518 e. The van der Waals surface area contributed by atoms with Gasteiger partial charge in [-0.3, -0.25) is 0 Å². The van der Waals surface area contributed by atoms with E-state index in [4.69, 9.17) is 5.11 Å². The van der Waals surface area contributed by atoms with Gasteiger partial charge in [0.25, 0.3) is 0 Å². The molecule has 0 fully saturated rings. The van der Waals surface area contributed by atoms with E-state index in [1.807, 2.05) is 6.92 Å². The van der Waals surface area contributed by atoms with E-state index in [2.05, 4.69) is 9.47 Å². The molecule has 11 heavy (non-hydrogen) atoms. The van der Waals surface area contributed by atoms with Crippen molar-refractivity contribution in [2.24, 2.45) is 0 Å². The first-order valence-corrected chi connectivity index (χ1v) is 3.24. The molecule has 1 N–H and O–H groups in total. The molecule has 5 heteroatoms. The Balaban J connectivity index is 3.30. The van der Waals surface area contributed by atoms with Crippen LogP contribution in [0.5, 0.6) is 0 Å². The third-order valence-corrected chi connectivity index (χ3v) is 0.888. The maximum atomic E-state index is 10.3. The Morgan fingerprint density at radius 3 is 2.55 bits per heavy atom. The van der Waals surface area contributed by atoms with Gasteiger partial charge in [-0.25, -0.2) is 9.59 Å². The molecule has 0 atom stereocenters. The summed E-state index contributed by atoms with van der Waals surface area (Å²) in [5.74, 6) is 0. The summed E-state index contributed by atoms with van der Waals surface area (Å²) in [6.45, 7) is 2.12. The van der Waals surface area contributed by atoms with Crippen molar-refractivity contribution in [2.75, 3.05) is 6.61 Å². The highest BCUT2D eigenvalue weighted by Gasteiger charge is 2.07. The first-order chi connectivity index (χ1) is 5.16. The molecule has 0 amide bonds. The average Bonchev–Trinajstić information content (AvgIpc) is 1.86. The van der Waals surface area contributed by atoms with Gasteiger partial charge in [0.15, 0.2) is 0 Å². The zero-order valence-electron chi connectivity index (χ0n) is 6.20. The Bertz CT molecular complexity index is 142. The van der Waals surface area contributed by atoms with Crippen molar-refractivity contribution in [1.82, 2.24) is 0 Å². The number of unbranched alkanes of at least 4 members (excludes halogenated alkanes) is 1. The molecule has 0 saturated heterocycles. The summed E-state index contributed by atoms with van der Waals surface area (Å²) in [6.07, 6.45) is -1.23. The van der Waals surface area contributed by atoms with Crippen LogP contribution in [0.25, 0.3) is 0 Å². The van der Waals surface area contributed by atoms with Crippen molar-refractivity contribution < 1.29 is 24.2 Å². The van der Waals surface area contributed by atoms with Crippen LogP contribution in [-0.2, 0) is 9.47 Å². The van der Waals surface area contributed by atoms with Crippen molar-refractivity contribution in [3.8, 4) is 0 Å². The van der Waals surface area contributed by atoms with Gasteiger partial charge in [0.05, 0.1) is 6.61 Å². The number of carbonyl (C=O) groups excluding carboxylic acids is 1. The largest absolute Gasteiger partial charge is 0.518 e. The molecule has 0 bridgehead atoms. The molecule has 64 valence electrons. The topological polar surface area (TPSA) is 72.8 Å². The lowest BCUT2D eigenvalue weighted by Crippen LogP contribution is -2.12. The van der Waals surface area contributed by atoms with Crippen molar-refractivity contribution >= 4 is 12.3 Å². The summed E-state index contributed by atoms with van der Waals surface area (Å²) in [6, 6.07) is 0. The number of carboxylic acid groups (broad SMARTS) is 1. The predicted molar refractivity (Wildman–Crippen MR) is 35.4 cm³/mol. The molecule has 0 spiro atoms. The molecule has 0 unspecified atom stereocenters. The third kappa shape index (κ3) is 6.63. The minimum Gasteiger partial charge on any atom is -0.449 e. The van der Waals surface area contributed by atoms with Crippen molar-refractivity contribution in [3.05, 3.63) is 0 Å². The molecule has 0 aromatic heterocycles. The van der Waals surface area contributed by atoms with Gasteiger partial charge in [0, 0.05) is 0 Å². The van der Waals surface area contributed by atoms with E-state index >= 15 is 0 Å². The third-order valence-electron chi connectivity index (χ3n) is 0.888. The van der Waals surface area contributed by atoms with E-state index in [-0.39, 0.29) is 6.61 Å². The highest BCUT2D eigenvalue weighted by molar-refractivity contribution is 5.75. The monoisotopic (exact) mass is 162 g/mol. The Morgan fingerprint density at radius 1 is 1.45 bits per heavy atom. The lowest BCUT2D eigenvalue weighted by molar-refractivity contribution is 0.0540. The lowest BCUT2D eigenvalue weighted by atomic mass is 10.4. The van der Waals surface area contributed by atoms with Gasteiger partial charge < -0.3 is 14.6 Å². The molecule has 0 radical (unpaired) electrons. The van der Waals surface area contributed by atoms with E-state index in [9.17, 15) is 9.59 Å². The molecule has 5 nitrogen and oxygen atoms in total. The second kappa shape index (κ2) is 5.52. The summed E-state index contributed by atoms with van der Waals surface area (Å²) < 4.78 is 8.00. The van der Waals surface area contributed by atoms with Gasteiger partial charge in [0.1, 0.15) is 0 Å². The molecular formula is C6H10O5. The number of hydrogen-bond donors (Lipinski definition) is 1. The van der Waals surface area contributed by atoms with Crippen LogP contribution < -0.4 is 0 Å². The molecule has 0 rings (SSSR count). The Labute approximate surface area is 63.9 Å². The van der Waals surface area contributed by atoms with E-state index in [1.54, 1.807) is 0 Å². The lowest BCUT2D eigenvalue weighted by Gasteiger charge is -1.99. The summed E-state index contributed by atoms with van der Waals surface area (Å²) in [7, 11) is 0. The summed E-state index contributed by atoms with van der Waals surface area (Å²) in [4.78, 5) is 20.0. The van der Waals surface area contributed by atoms with Gasteiger partial charge in [0.2, 0.25) is 0 Å². The standard InChI is InChI=1S/C6H10O5/c1-2-3-4-10-6(9)11-5(7)8/h2-4H2,1H3,(H,7,8). The second-order valence-electron chi connectivity index (χ2n) is 1.82. The Hall–Kier alpha value is -1.26. The number of rotatable bonds is 3.